The van der Waals surface area contributed by atoms with Gasteiger partial charge in [-0.05, 0) is 6.42 Å². The zero-order valence-electron chi connectivity index (χ0n) is 9.78. The number of rotatable bonds is 5. The highest BCUT2D eigenvalue weighted by atomic mass is 35.5. The van der Waals surface area contributed by atoms with Crippen molar-refractivity contribution in [3.63, 3.8) is 0 Å². The number of aliphatic hydroxyl groups excluding tert-OH is 1. The average molecular weight is 245 g/mol. The first-order chi connectivity index (χ1) is 7.43. The van der Waals surface area contributed by atoms with Crippen LogP contribution < -0.4 is 5.09 Å². The lowest BCUT2D eigenvalue weighted by Gasteiger charge is -2.34. The van der Waals surface area contributed by atoms with E-state index in [1.165, 1.54) is 4.67 Å². The Morgan fingerprint density at radius 1 is 1.79 bits per heavy atom. The number of nitrogens with zero attached hydrogens (tertiary/aromatic N) is 1. The van der Waals surface area contributed by atoms with Gasteiger partial charge in [0.2, 0.25) is 0 Å². The third-order valence-corrected chi connectivity index (χ3v) is 4.13. The molecule has 0 aromatic carbocycles. The molecular weight excluding hydrogens is 227 g/mol. The molecule has 1 fully saturated rings. The largest absolute Gasteiger partial charge is 0.395 e. The summed E-state index contributed by atoms with van der Waals surface area (Å²) in [6.45, 7) is -1.33. The van der Waals surface area contributed by atoms with Crippen LogP contribution in [0.2, 0.25) is 0 Å². The Morgan fingerprint density at radius 2 is 2.57 bits per heavy atom. The lowest BCUT2D eigenvalue weighted by Crippen LogP contribution is -2.36. The topological polar surface area (TPSA) is 61.8 Å². The quantitative estimate of drug-likeness (QED) is 0.549. The van der Waals surface area contributed by atoms with Gasteiger partial charge in [0.15, 0.2) is 0 Å². The maximum Gasteiger partial charge on any atom is 0.343 e. The first kappa shape index (κ1) is 9.58. The molecule has 0 aliphatic carbocycles. The second kappa shape index (κ2) is 6.05. The number of β-amino-alcohol motifs (C(OH)–C–C–N with tert-alkyl or cyclic N) is 1. The number of nitrogens with one attached hydrogen (secondary N) is 1. The third-order valence-electron chi connectivity index (χ3n) is 1.80. The van der Waals surface area contributed by atoms with Gasteiger partial charge in [-0.1, -0.05) is 0 Å². The van der Waals surface area contributed by atoms with Gasteiger partial charge in [-0.15, -0.1) is 11.6 Å². The maximum atomic E-state index is 12.3. The molecule has 7 heteroatoms. The molecule has 0 spiro atoms. The maximum absolute atomic E-state index is 12.3. The van der Waals surface area contributed by atoms with Crippen molar-refractivity contribution >= 4 is 19.3 Å². The Morgan fingerprint density at radius 3 is 3.21 bits per heavy atom. The standard InChI is InChI=1S/C7H16ClN2O3P/c8-2-3-9-14(12)10(5-6-11)4-1-7-13-14/h11H,1-7H2,(H,9,12)/i7D2. The molecule has 1 saturated heterocycles. The zero-order chi connectivity index (χ0) is 12.2. The molecule has 1 aliphatic rings. The van der Waals surface area contributed by atoms with Crippen molar-refractivity contribution in [2.75, 3.05) is 38.7 Å². The van der Waals surface area contributed by atoms with E-state index < -0.39 is 14.2 Å². The smallest absolute Gasteiger partial charge is 0.343 e. The van der Waals surface area contributed by atoms with E-state index in [9.17, 15) is 4.57 Å². The first-order valence-corrected chi connectivity index (χ1v) is 6.53. The Hall–Kier alpha value is 0.360. The minimum atomic E-state index is -3.41. The Labute approximate surface area is 91.7 Å². The second-order valence-electron chi connectivity index (χ2n) is 2.78. The fourth-order valence-corrected chi connectivity index (χ4v) is 3.15. The van der Waals surface area contributed by atoms with Gasteiger partial charge in [-0.3, -0.25) is 4.57 Å². The molecule has 0 saturated carbocycles. The average Bonchev–Trinajstić information content (AvgIpc) is 2.19. The fourth-order valence-electron chi connectivity index (χ4n) is 1.17. The summed E-state index contributed by atoms with van der Waals surface area (Å²) in [5, 5.41) is 11.5. The van der Waals surface area contributed by atoms with Crippen LogP contribution in [0.15, 0.2) is 0 Å². The molecule has 1 aliphatic heterocycles. The highest BCUT2D eigenvalue weighted by Gasteiger charge is 2.33. The minimum absolute atomic E-state index is 0.125. The molecule has 1 rings (SSSR count). The van der Waals surface area contributed by atoms with Crippen LogP contribution in [0.5, 0.6) is 0 Å². The van der Waals surface area contributed by atoms with Gasteiger partial charge < -0.3 is 9.63 Å². The molecule has 1 atom stereocenters. The summed E-state index contributed by atoms with van der Waals surface area (Å²) in [4.78, 5) is 0. The van der Waals surface area contributed by atoms with Crippen LogP contribution in [0.1, 0.15) is 9.16 Å². The van der Waals surface area contributed by atoms with Crippen molar-refractivity contribution in [2.45, 2.75) is 6.42 Å². The van der Waals surface area contributed by atoms with Gasteiger partial charge >= 0.3 is 7.67 Å². The van der Waals surface area contributed by atoms with Gasteiger partial charge in [-0.2, -0.15) is 0 Å². The van der Waals surface area contributed by atoms with Crippen molar-refractivity contribution in [1.82, 2.24) is 9.76 Å². The molecular formula is C7H16ClN2O3P. The molecule has 0 bridgehead atoms. The minimum Gasteiger partial charge on any atom is -0.395 e. The van der Waals surface area contributed by atoms with Crippen LogP contribution in [0.4, 0.5) is 0 Å². The number of alkyl halides is 1. The lowest BCUT2D eigenvalue weighted by atomic mass is 10.4. The van der Waals surface area contributed by atoms with Crippen LogP contribution in [0, 0.1) is 0 Å². The van der Waals surface area contributed by atoms with Crippen LogP contribution in [-0.4, -0.2) is 48.5 Å². The Balaban J connectivity index is 2.74. The molecule has 0 radical (unpaired) electrons. The van der Waals surface area contributed by atoms with Crippen molar-refractivity contribution in [2.24, 2.45) is 0 Å². The fraction of sp³-hybridized carbons (Fsp3) is 1.00. The molecule has 0 aromatic rings. The van der Waals surface area contributed by atoms with Crippen molar-refractivity contribution in [3.05, 3.63) is 0 Å². The summed E-state index contributed by atoms with van der Waals surface area (Å²) in [5.74, 6) is 0.253. The van der Waals surface area contributed by atoms with E-state index in [-0.39, 0.29) is 38.5 Å². The van der Waals surface area contributed by atoms with Gasteiger partial charge in [-0.25, -0.2) is 9.76 Å². The summed E-state index contributed by atoms with van der Waals surface area (Å²) in [7, 11) is -3.41. The second-order valence-corrected chi connectivity index (χ2v) is 5.26. The molecule has 5 nitrogen and oxygen atoms in total. The van der Waals surface area contributed by atoms with E-state index in [4.69, 9.17) is 24.0 Å². The van der Waals surface area contributed by atoms with Crippen LogP contribution in [0.3, 0.4) is 0 Å². The molecule has 0 amide bonds. The normalized spacial score (nSPS) is 35.0. The predicted molar refractivity (Wildman–Crippen MR) is 55.6 cm³/mol. The van der Waals surface area contributed by atoms with Crippen molar-refractivity contribution in [3.8, 4) is 0 Å². The molecule has 84 valence electrons. The van der Waals surface area contributed by atoms with Crippen LogP contribution >= 0.6 is 19.3 Å². The van der Waals surface area contributed by atoms with Crippen molar-refractivity contribution in [1.29, 1.82) is 0 Å². The predicted octanol–water partition coefficient (Wildman–Crippen LogP) is 0.638. The molecule has 1 unspecified atom stereocenters. The summed E-state index contributed by atoms with van der Waals surface area (Å²) >= 11 is 5.48. The Kier molecular flexibility index (Phi) is 4.14. The van der Waals surface area contributed by atoms with Crippen LogP contribution in [0.25, 0.3) is 0 Å². The third kappa shape index (κ3) is 3.19. The highest BCUT2D eigenvalue weighted by Crippen LogP contribution is 2.48. The van der Waals surface area contributed by atoms with E-state index in [1.54, 1.807) is 0 Å². The van der Waals surface area contributed by atoms with E-state index in [2.05, 4.69) is 5.09 Å². The summed E-state index contributed by atoms with van der Waals surface area (Å²) in [6, 6.07) is 0. The zero-order valence-corrected chi connectivity index (χ0v) is 9.43. The summed E-state index contributed by atoms with van der Waals surface area (Å²) in [5.41, 5.74) is 0. The van der Waals surface area contributed by atoms with Gasteiger partial charge in [0.25, 0.3) is 0 Å². The Bertz CT molecular complexity index is 282. The molecule has 1 heterocycles. The van der Waals surface area contributed by atoms with Gasteiger partial charge in [0, 0.05) is 25.5 Å². The van der Waals surface area contributed by atoms with Gasteiger partial charge in [0.05, 0.1) is 15.9 Å². The van der Waals surface area contributed by atoms with Crippen LogP contribution in [-0.2, 0) is 9.09 Å². The molecule has 2 N–H and O–H groups in total. The molecule has 14 heavy (non-hydrogen) atoms. The highest BCUT2D eigenvalue weighted by molar-refractivity contribution is 7.54. The van der Waals surface area contributed by atoms with E-state index in [0.717, 1.165) is 0 Å². The van der Waals surface area contributed by atoms with E-state index in [0.29, 0.717) is 0 Å². The van der Waals surface area contributed by atoms with E-state index in [1.807, 2.05) is 0 Å². The number of halogens is 1. The van der Waals surface area contributed by atoms with Gasteiger partial charge in [0.1, 0.15) is 0 Å². The van der Waals surface area contributed by atoms with E-state index >= 15 is 0 Å². The first-order valence-electron chi connectivity index (χ1n) is 5.42. The number of hydrogen-bond acceptors (Lipinski definition) is 3. The lowest BCUT2D eigenvalue weighted by molar-refractivity contribution is 0.175. The monoisotopic (exact) mass is 244 g/mol. The summed E-state index contributed by atoms with van der Waals surface area (Å²) in [6.07, 6.45) is 0.125. The number of hydrogen-bond donors (Lipinski definition) is 2. The summed E-state index contributed by atoms with van der Waals surface area (Å²) < 4.78 is 33.6. The number of aliphatic hydroxyl groups is 1. The SMILES string of the molecule is [2H]C1([2H])CCN(CCO)P(=O)(NCCCl)O1. The van der Waals surface area contributed by atoms with Crippen molar-refractivity contribution < 1.29 is 16.9 Å². The molecule has 0 aromatic heterocycles.